The molecule has 3 rings (SSSR count). The summed E-state index contributed by atoms with van der Waals surface area (Å²) in [7, 11) is 0. The molecule has 0 aliphatic rings. The van der Waals surface area contributed by atoms with Crippen molar-refractivity contribution < 1.29 is 84.9 Å². The number of fused-ring (bicyclic) bond motifs is 1. The molecule has 0 saturated heterocycles. The lowest BCUT2D eigenvalue weighted by atomic mass is 10.0. The number of hydrogen-bond acceptors (Lipinski definition) is 16. The van der Waals surface area contributed by atoms with Crippen LogP contribution in [0.5, 0.6) is 5.75 Å². The monoisotopic (exact) mass is 971 g/mol. The second kappa shape index (κ2) is 27.4. The molecule has 25 nitrogen and oxygen atoms in total. The van der Waals surface area contributed by atoms with Crippen molar-refractivity contribution >= 4 is 82.8 Å². The third-order valence-corrected chi connectivity index (χ3v) is 10.6. The van der Waals surface area contributed by atoms with Crippen LogP contribution in [0.3, 0.4) is 0 Å². The Kier molecular flexibility index (Phi) is 22.2. The first kappa shape index (κ1) is 55.0. The highest BCUT2D eigenvalue weighted by Crippen LogP contribution is 2.20. The Balaban J connectivity index is 1.77. The number of nitrogens with one attached hydrogen (secondary N) is 8. The normalized spacial score (nSPS) is 14.1. The van der Waals surface area contributed by atoms with Crippen molar-refractivity contribution in [3.05, 3.63) is 65.9 Å². The maximum atomic E-state index is 14.1. The van der Waals surface area contributed by atoms with E-state index in [2.05, 4.69) is 66.3 Å². The number of aromatic amines is 1. The standard InChI is InChI=1S/C42H56N10O15S/c43-12-4-3-7-27(48-39(63)28(14-22-17-45-26-6-2-1-5-24(22)26)49-40(64)31(19-53)52-36(60)25(44)15-34(56)57)38(62)50-29(16-35(58)59)37(61)46-18-33(55)47-32(20-68)41(65)51-30(42(66)67)13-21-8-10-23(54)11-9-21/h1-2,5-6,8-11,17,25,27-32,45,53-54,68H,3-4,7,12-16,18-20,43-44H2,(H,46,61)(H,47,55)(H,48,63)(H,49,64)(H,50,62)(H,51,65)(H,52,60)(H,56,57)(H,58,59)(H,66,67)/p-1/t25-,27-,28-,29-,30-,31-,32-/m0/s1. The van der Waals surface area contributed by atoms with E-state index in [1.807, 2.05) is 0 Å². The minimum atomic E-state index is -1.90. The van der Waals surface area contributed by atoms with Crippen molar-refractivity contribution in [2.45, 2.75) is 87.2 Å². The molecular formula is C42H55N10O15S-. The number of benzene rings is 2. The minimum Gasteiger partial charge on any atom is -0.550 e. The van der Waals surface area contributed by atoms with E-state index in [0.29, 0.717) is 35.0 Å². The highest BCUT2D eigenvalue weighted by Gasteiger charge is 2.33. The smallest absolute Gasteiger partial charge is 0.279 e. The Morgan fingerprint density at radius 2 is 1.22 bits per heavy atom. The number of quaternary nitrogens is 2. The largest absolute Gasteiger partial charge is 0.550 e. The number of thiol groups is 1. The van der Waals surface area contributed by atoms with E-state index < -0.39 is 128 Å². The predicted molar refractivity (Wildman–Crippen MR) is 232 cm³/mol. The SMILES string of the molecule is [NH3+]CCCC[C@H](NC(=O)[C@H](Cc1c[nH]c2ccccc12)NC(=O)[C@H](CO)NC(=O)[C@@H]([NH3+])CC(=O)[O-])C(=O)N[C@@H](CC(=O)[O-])C(=O)NCC(=O)N[C@@H](CS)C(=O)N[C@@H](Cc1ccc(O)cc1)C(=O)[O-]. The zero-order chi connectivity index (χ0) is 50.5. The second-order valence-electron chi connectivity index (χ2n) is 15.5. The van der Waals surface area contributed by atoms with E-state index in [9.17, 15) is 73.5 Å². The first-order chi connectivity index (χ1) is 32.3. The maximum absolute atomic E-state index is 14.1. The van der Waals surface area contributed by atoms with Crippen molar-refractivity contribution in [3.8, 4) is 5.75 Å². The van der Waals surface area contributed by atoms with Gasteiger partial charge in [-0.2, -0.15) is 12.6 Å². The van der Waals surface area contributed by atoms with E-state index in [0.717, 1.165) is 0 Å². The molecule has 3 aromatic rings. The Hall–Kier alpha value is -7.29. The van der Waals surface area contributed by atoms with Crippen LogP contribution in [0, 0.1) is 0 Å². The van der Waals surface area contributed by atoms with E-state index in [-0.39, 0.29) is 37.2 Å². The molecule has 26 heteroatoms. The third kappa shape index (κ3) is 17.8. The van der Waals surface area contributed by atoms with Gasteiger partial charge in [0.2, 0.25) is 35.4 Å². The minimum absolute atomic E-state index is 0.0766. The van der Waals surface area contributed by atoms with Gasteiger partial charge in [0.25, 0.3) is 5.91 Å². The van der Waals surface area contributed by atoms with Gasteiger partial charge in [-0.05, 0) is 55.0 Å². The van der Waals surface area contributed by atoms with Crippen LogP contribution in [0.15, 0.2) is 54.7 Å². The summed E-state index contributed by atoms with van der Waals surface area (Å²) in [5.41, 5.74) is 8.76. The summed E-state index contributed by atoms with van der Waals surface area (Å²) in [6.07, 6.45) is -0.184. The first-order valence-corrected chi connectivity index (χ1v) is 21.8. The van der Waals surface area contributed by atoms with Crippen LogP contribution in [0.4, 0.5) is 0 Å². The van der Waals surface area contributed by atoms with Gasteiger partial charge in [-0.1, -0.05) is 30.3 Å². The van der Waals surface area contributed by atoms with Crippen molar-refractivity contribution in [3.63, 3.8) is 0 Å². The topological polar surface area (TPSA) is 436 Å². The Morgan fingerprint density at radius 1 is 0.647 bits per heavy atom. The Morgan fingerprint density at radius 3 is 1.84 bits per heavy atom. The number of aliphatic carboxylic acids is 3. The van der Waals surface area contributed by atoms with Gasteiger partial charge in [0.1, 0.15) is 36.0 Å². The molecular weight excluding hydrogens is 917 g/mol. The number of aromatic nitrogens is 1. The van der Waals surface area contributed by atoms with E-state index >= 15 is 0 Å². The molecule has 16 N–H and O–H groups in total. The number of unbranched alkanes of at least 4 members (excludes halogenated alkanes) is 1. The molecule has 7 amide bonds. The summed E-state index contributed by atoms with van der Waals surface area (Å²) in [5.74, 6) is -12.8. The Bertz CT molecular complexity index is 2280. The number of carbonyl (C=O) groups is 10. The molecule has 0 bridgehead atoms. The van der Waals surface area contributed by atoms with Crippen molar-refractivity contribution in [2.24, 2.45) is 0 Å². The number of carboxylic acid groups (broad SMARTS) is 3. The number of aliphatic hydroxyl groups excluding tert-OH is 1. The summed E-state index contributed by atoms with van der Waals surface area (Å²) >= 11 is 4.03. The summed E-state index contributed by atoms with van der Waals surface area (Å²) in [5, 5.41) is 70.7. The number of carbonyl (C=O) groups excluding carboxylic acids is 10. The molecule has 2 aromatic carbocycles. The number of aliphatic hydroxyl groups is 1. The summed E-state index contributed by atoms with van der Waals surface area (Å²) < 4.78 is 0. The number of phenolic OH excluding ortho intramolecular Hbond substituents is 1. The molecule has 1 aromatic heterocycles. The summed E-state index contributed by atoms with van der Waals surface area (Å²) in [6, 6.07) is 1.40. The van der Waals surface area contributed by atoms with E-state index in [1.165, 1.54) is 24.3 Å². The molecule has 1 heterocycles. The third-order valence-electron chi connectivity index (χ3n) is 10.2. The van der Waals surface area contributed by atoms with Gasteiger partial charge < -0.3 is 93.6 Å². The quantitative estimate of drug-likeness (QED) is 0.0227. The highest BCUT2D eigenvalue weighted by molar-refractivity contribution is 7.80. The van der Waals surface area contributed by atoms with Crippen molar-refractivity contribution in [2.75, 3.05) is 25.4 Å². The zero-order valence-electron chi connectivity index (χ0n) is 36.6. The number of H-pyrrole nitrogens is 1. The molecule has 0 fully saturated rings. The molecule has 0 radical (unpaired) electrons. The van der Waals surface area contributed by atoms with Crippen LogP contribution in [0.2, 0.25) is 0 Å². The fourth-order valence-corrected chi connectivity index (χ4v) is 6.81. The summed E-state index contributed by atoms with van der Waals surface area (Å²) in [4.78, 5) is 131. The van der Waals surface area contributed by atoms with Crippen molar-refractivity contribution in [1.29, 1.82) is 0 Å². The van der Waals surface area contributed by atoms with Crippen LogP contribution >= 0.6 is 12.6 Å². The fourth-order valence-electron chi connectivity index (χ4n) is 6.56. The highest BCUT2D eigenvalue weighted by atomic mass is 32.1. The average molecular weight is 972 g/mol. The van der Waals surface area contributed by atoms with Gasteiger partial charge in [-0.3, -0.25) is 33.6 Å². The molecule has 370 valence electrons. The first-order valence-electron chi connectivity index (χ1n) is 21.1. The van der Waals surface area contributed by atoms with Crippen LogP contribution in [0.25, 0.3) is 10.9 Å². The van der Waals surface area contributed by atoms with Crippen LogP contribution < -0.4 is 64.0 Å². The van der Waals surface area contributed by atoms with Gasteiger partial charge in [-0.25, -0.2) is 0 Å². The van der Waals surface area contributed by atoms with Gasteiger partial charge in [0.05, 0.1) is 31.7 Å². The zero-order valence-corrected chi connectivity index (χ0v) is 37.5. The molecule has 68 heavy (non-hydrogen) atoms. The molecule has 0 unspecified atom stereocenters. The average Bonchev–Trinajstić information content (AvgIpc) is 3.70. The number of aromatic hydroxyl groups is 1. The molecule has 0 saturated carbocycles. The second-order valence-corrected chi connectivity index (χ2v) is 15.8. The number of rotatable bonds is 29. The van der Waals surface area contributed by atoms with Crippen molar-refractivity contribution in [1.82, 2.24) is 42.2 Å². The number of para-hydroxylation sites is 1. The maximum Gasteiger partial charge on any atom is 0.279 e. The van der Waals surface area contributed by atoms with Gasteiger partial charge in [0.15, 0.2) is 6.04 Å². The number of carboxylic acids is 3. The Labute approximate surface area is 393 Å². The lowest BCUT2D eigenvalue weighted by molar-refractivity contribution is -0.408. The number of hydrogen-bond donors (Lipinski definition) is 13. The predicted octanol–water partition coefficient (Wildman–Crippen LogP) is -9.34. The van der Waals surface area contributed by atoms with Crippen LogP contribution in [-0.2, 0) is 60.8 Å². The number of phenols is 1. The van der Waals surface area contributed by atoms with Crippen LogP contribution in [-0.4, -0.2) is 142 Å². The van der Waals surface area contributed by atoms with E-state index in [1.54, 1.807) is 30.5 Å². The van der Waals surface area contributed by atoms with Gasteiger partial charge >= 0.3 is 0 Å². The molecule has 0 aliphatic carbocycles. The molecule has 7 atom stereocenters. The van der Waals surface area contributed by atoms with Gasteiger partial charge in [0, 0.05) is 54.1 Å². The summed E-state index contributed by atoms with van der Waals surface area (Å²) in [6.45, 7) is -1.46. The lowest BCUT2D eigenvalue weighted by Gasteiger charge is -2.26. The van der Waals surface area contributed by atoms with E-state index in [4.69, 9.17) is 0 Å². The fraction of sp³-hybridized carbons (Fsp3) is 0.429. The number of amides is 7. The lowest BCUT2D eigenvalue weighted by Crippen LogP contribution is -2.70. The van der Waals surface area contributed by atoms with Crippen LogP contribution in [0.1, 0.15) is 43.2 Å². The van der Waals surface area contributed by atoms with Gasteiger partial charge in [-0.15, -0.1) is 0 Å². The molecule has 0 spiro atoms. The molecule has 0 aliphatic heterocycles.